The van der Waals surface area contributed by atoms with Gasteiger partial charge in [-0.3, -0.25) is 24.4 Å². The van der Waals surface area contributed by atoms with E-state index in [0.29, 0.717) is 32.0 Å². The second-order valence-corrected chi connectivity index (χ2v) is 8.94. The number of anilines is 1. The molecule has 0 saturated carbocycles. The SMILES string of the molecule is O=C([C@H]1CC(=O)N(c2n[nH]c3ccccc23)C1)N1C[C@H]2C[C@@H](C1)c1cccc(=O)n1C2. The van der Waals surface area contributed by atoms with E-state index in [-0.39, 0.29) is 41.5 Å². The van der Waals surface area contributed by atoms with Crippen LogP contribution in [0.25, 0.3) is 10.9 Å². The molecule has 1 aromatic carbocycles. The summed E-state index contributed by atoms with van der Waals surface area (Å²) in [5.41, 5.74) is 1.93. The number of carbonyl (C=O) groups excluding carboxylic acids is 2. The molecule has 2 fully saturated rings. The van der Waals surface area contributed by atoms with Crippen LogP contribution >= 0.6 is 0 Å². The molecule has 3 aliphatic heterocycles. The number of piperidine rings is 1. The van der Waals surface area contributed by atoms with Crippen LogP contribution in [-0.4, -0.2) is 51.1 Å². The lowest BCUT2D eigenvalue weighted by Gasteiger charge is -2.43. The topological polar surface area (TPSA) is 91.3 Å². The second-order valence-electron chi connectivity index (χ2n) is 8.94. The first-order valence-corrected chi connectivity index (χ1v) is 10.8. The summed E-state index contributed by atoms with van der Waals surface area (Å²) in [5.74, 6) is 0.661. The van der Waals surface area contributed by atoms with E-state index in [1.54, 1.807) is 17.0 Å². The van der Waals surface area contributed by atoms with Gasteiger partial charge in [-0.15, -0.1) is 0 Å². The van der Waals surface area contributed by atoms with Gasteiger partial charge in [-0.25, -0.2) is 0 Å². The number of hydrogen-bond acceptors (Lipinski definition) is 4. The quantitative estimate of drug-likeness (QED) is 0.687. The highest BCUT2D eigenvalue weighted by Crippen LogP contribution is 2.37. The monoisotopic (exact) mass is 417 g/mol. The van der Waals surface area contributed by atoms with E-state index >= 15 is 0 Å². The number of rotatable bonds is 2. The highest BCUT2D eigenvalue weighted by Gasteiger charge is 2.42. The fraction of sp³-hybridized carbons (Fsp3) is 0.391. The maximum absolute atomic E-state index is 13.4. The van der Waals surface area contributed by atoms with Crippen molar-refractivity contribution >= 4 is 28.5 Å². The van der Waals surface area contributed by atoms with E-state index in [0.717, 1.165) is 23.0 Å². The number of nitrogens with zero attached hydrogens (tertiary/aromatic N) is 4. The summed E-state index contributed by atoms with van der Waals surface area (Å²) >= 11 is 0. The predicted molar refractivity (Wildman–Crippen MR) is 115 cm³/mol. The van der Waals surface area contributed by atoms with E-state index in [1.807, 2.05) is 39.8 Å². The van der Waals surface area contributed by atoms with Gasteiger partial charge in [-0.05, 0) is 30.5 Å². The molecule has 1 N–H and O–H groups in total. The molecule has 2 amide bonds. The van der Waals surface area contributed by atoms with Crippen molar-refractivity contribution in [2.45, 2.75) is 25.3 Å². The smallest absolute Gasteiger partial charge is 0.250 e. The van der Waals surface area contributed by atoms with Gasteiger partial charge in [-0.2, -0.15) is 5.10 Å². The Kier molecular flexibility index (Phi) is 4.03. The number of aromatic nitrogens is 3. The van der Waals surface area contributed by atoms with Gasteiger partial charge < -0.3 is 9.47 Å². The summed E-state index contributed by atoms with van der Waals surface area (Å²) in [7, 11) is 0. The van der Waals surface area contributed by atoms with E-state index in [1.165, 1.54) is 0 Å². The van der Waals surface area contributed by atoms with Gasteiger partial charge in [0, 0.05) is 55.7 Å². The maximum atomic E-state index is 13.4. The third-order valence-electron chi connectivity index (χ3n) is 6.97. The lowest BCUT2D eigenvalue weighted by Crippen LogP contribution is -2.50. The van der Waals surface area contributed by atoms with E-state index in [2.05, 4.69) is 10.2 Å². The van der Waals surface area contributed by atoms with Crippen molar-refractivity contribution in [3.63, 3.8) is 0 Å². The number of aromatic amines is 1. The fourth-order valence-corrected chi connectivity index (χ4v) is 5.57. The van der Waals surface area contributed by atoms with Crippen molar-refractivity contribution in [1.82, 2.24) is 19.7 Å². The van der Waals surface area contributed by atoms with E-state index < -0.39 is 0 Å². The molecule has 31 heavy (non-hydrogen) atoms. The minimum absolute atomic E-state index is 0.0373. The fourth-order valence-electron chi connectivity index (χ4n) is 5.57. The summed E-state index contributed by atoms with van der Waals surface area (Å²) in [6, 6.07) is 13.1. The second kappa shape index (κ2) is 6.80. The first-order chi connectivity index (χ1) is 15.1. The molecule has 8 nitrogen and oxygen atoms in total. The molecular formula is C23H23N5O3. The number of fused-ring (bicyclic) bond motifs is 5. The van der Waals surface area contributed by atoms with Gasteiger partial charge in [0.1, 0.15) is 0 Å². The Balaban J connectivity index is 1.22. The van der Waals surface area contributed by atoms with Gasteiger partial charge in [0.2, 0.25) is 11.8 Å². The summed E-state index contributed by atoms with van der Waals surface area (Å²) in [5, 5.41) is 8.19. The Morgan fingerprint density at radius 2 is 1.87 bits per heavy atom. The van der Waals surface area contributed by atoms with Gasteiger partial charge in [0.05, 0.1) is 11.4 Å². The number of nitrogens with one attached hydrogen (secondary N) is 1. The lowest BCUT2D eigenvalue weighted by molar-refractivity contribution is -0.138. The Hall–Kier alpha value is -3.42. The third-order valence-corrected chi connectivity index (χ3v) is 6.97. The van der Waals surface area contributed by atoms with Crippen LogP contribution in [0.4, 0.5) is 5.82 Å². The largest absolute Gasteiger partial charge is 0.341 e. The number of pyridine rings is 1. The highest BCUT2D eigenvalue weighted by atomic mass is 16.2. The van der Waals surface area contributed by atoms with Crippen molar-refractivity contribution in [3.8, 4) is 0 Å². The van der Waals surface area contributed by atoms with Crippen LogP contribution in [-0.2, 0) is 16.1 Å². The van der Waals surface area contributed by atoms with Crippen LogP contribution in [0, 0.1) is 11.8 Å². The molecule has 2 aromatic heterocycles. The van der Waals surface area contributed by atoms with Gasteiger partial charge in [0.15, 0.2) is 5.82 Å². The molecule has 0 spiro atoms. The van der Waals surface area contributed by atoms with Crippen LogP contribution in [0.1, 0.15) is 24.5 Å². The number of H-pyrrole nitrogens is 1. The molecule has 0 unspecified atom stereocenters. The first-order valence-electron chi connectivity index (χ1n) is 10.8. The summed E-state index contributed by atoms with van der Waals surface area (Å²) in [6.07, 6.45) is 1.21. The minimum atomic E-state index is -0.361. The normalized spacial score (nSPS) is 25.2. The molecule has 8 heteroatoms. The first kappa shape index (κ1) is 18.4. The Labute approximate surface area is 178 Å². The average molecular weight is 417 g/mol. The standard InChI is InChI=1S/C23H23N5O3/c29-20-7-3-6-19-15-8-14(11-27(19)20)10-26(12-15)23(31)16-9-21(30)28(13-16)22-17-4-1-2-5-18(17)24-25-22/h1-7,14-16H,8-13H2,(H,24,25)/t14-,15+,16+/m1/s1. The van der Waals surface area contributed by atoms with Crippen molar-refractivity contribution in [3.05, 3.63) is 58.5 Å². The Morgan fingerprint density at radius 3 is 2.77 bits per heavy atom. The van der Waals surface area contributed by atoms with Gasteiger partial charge >= 0.3 is 0 Å². The van der Waals surface area contributed by atoms with Crippen LogP contribution in [0.2, 0.25) is 0 Å². The summed E-state index contributed by atoms with van der Waals surface area (Å²) < 4.78 is 1.87. The van der Waals surface area contributed by atoms with Crippen LogP contribution in [0.3, 0.4) is 0 Å². The Bertz CT molecular complexity index is 1260. The number of amides is 2. The molecule has 3 aromatic rings. The Morgan fingerprint density at radius 1 is 1.00 bits per heavy atom. The molecule has 6 rings (SSSR count). The molecular weight excluding hydrogens is 394 g/mol. The average Bonchev–Trinajstić information content (AvgIpc) is 3.37. The molecule has 3 aliphatic rings. The highest BCUT2D eigenvalue weighted by molar-refractivity contribution is 6.05. The van der Waals surface area contributed by atoms with Crippen LogP contribution in [0.5, 0.6) is 0 Å². The summed E-state index contributed by atoms with van der Waals surface area (Å²) in [4.78, 5) is 41.9. The predicted octanol–water partition coefficient (Wildman–Crippen LogP) is 1.72. The number of hydrogen-bond donors (Lipinski definition) is 1. The zero-order valence-electron chi connectivity index (χ0n) is 17.0. The molecule has 0 radical (unpaired) electrons. The van der Waals surface area contributed by atoms with E-state index in [4.69, 9.17) is 0 Å². The van der Waals surface area contributed by atoms with Crippen LogP contribution < -0.4 is 10.5 Å². The van der Waals surface area contributed by atoms with Crippen LogP contribution in [0.15, 0.2) is 47.3 Å². The lowest BCUT2D eigenvalue weighted by atomic mass is 9.82. The van der Waals surface area contributed by atoms with Gasteiger partial charge in [-0.1, -0.05) is 18.2 Å². The molecule has 0 aliphatic carbocycles. The van der Waals surface area contributed by atoms with Crippen molar-refractivity contribution in [2.75, 3.05) is 24.5 Å². The zero-order valence-corrected chi connectivity index (χ0v) is 17.0. The molecule has 5 heterocycles. The van der Waals surface area contributed by atoms with E-state index in [9.17, 15) is 14.4 Å². The molecule has 2 bridgehead atoms. The zero-order chi connectivity index (χ0) is 21.1. The molecule has 2 saturated heterocycles. The van der Waals surface area contributed by atoms with Crippen molar-refractivity contribution < 1.29 is 9.59 Å². The number of benzene rings is 1. The number of carbonyl (C=O) groups is 2. The van der Waals surface area contributed by atoms with Crippen molar-refractivity contribution in [2.24, 2.45) is 11.8 Å². The third kappa shape index (κ3) is 2.89. The van der Waals surface area contributed by atoms with Crippen molar-refractivity contribution in [1.29, 1.82) is 0 Å². The van der Waals surface area contributed by atoms with Gasteiger partial charge in [0.25, 0.3) is 5.56 Å². The molecule has 3 atom stereocenters. The number of para-hydroxylation sites is 1. The number of likely N-dealkylation sites (tertiary alicyclic amines) is 1. The maximum Gasteiger partial charge on any atom is 0.250 e. The minimum Gasteiger partial charge on any atom is -0.341 e. The molecule has 158 valence electrons. The summed E-state index contributed by atoms with van der Waals surface area (Å²) in [6.45, 7) is 2.26.